The molecule has 0 aromatic rings. The zero-order valence-corrected chi connectivity index (χ0v) is 14.2. The highest BCUT2D eigenvalue weighted by molar-refractivity contribution is 7.72. The largest absolute Gasteiger partial charge is 0.387 e. The van der Waals surface area contributed by atoms with E-state index in [1.165, 1.54) is 13.1 Å². The number of nitrogens with one attached hydrogen (secondary N) is 2. The first-order valence-corrected chi connectivity index (χ1v) is 10.3. The minimum Gasteiger partial charge on any atom is -0.387 e. The molecule has 2 heterocycles. The van der Waals surface area contributed by atoms with Gasteiger partial charge in [0.1, 0.15) is 17.8 Å². The summed E-state index contributed by atoms with van der Waals surface area (Å²) < 4.78 is 5.90. The van der Waals surface area contributed by atoms with Crippen molar-refractivity contribution in [3.63, 3.8) is 0 Å². The summed E-state index contributed by atoms with van der Waals surface area (Å²) in [5.41, 5.74) is -0.547. The van der Waals surface area contributed by atoms with Crippen molar-refractivity contribution in [2.24, 2.45) is 0 Å². The van der Waals surface area contributed by atoms with E-state index in [4.69, 9.17) is 4.74 Å². The van der Waals surface area contributed by atoms with Crippen LogP contribution in [0.25, 0.3) is 0 Å². The molecule has 7 heteroatoms. The van der Waals surface area contributed by atoms with Crippen LogP contribution in [0.3, 0.4) is 0 Å². The van der Waals surface area contributed by atoms with Crippen molar-refractivity contribution < 1.29 is 19.7 Å². The molecule has 2 unspecified atom stereocenters. The van der Waals surface area contributed by atoms with Gasteiger partial charge in [-0.3, -0.25) is 0 Å². The van der Waals surface area contributed by atoms with E-state index in [2.05, 4.69) is 36.8 Å². The van der Waals surface area contributed by atoms with Gasteiger partial charge in [-0.2, -0.15) is 0 Å². The second-order valence-electron chi connectivity index (χ2n) is 6.85. The molecule has 0 radical (unpaired) electrons. The van der Waals surface area contributed by atoms with E-state index in [9.17, 15) is 15.0 Å². The molecule has 22 heavy (non-hydrogen) atoms. The van der Waals surface area contributed by atoms with Crippen LogP contribution in [0, 0.1) is 0 Å². The van der Waals surface area contributed by atoms with Crippen molar-refractivity contribution in [1.29, 1.82) is 0 Å². The number of hydrogen-bond donors (Lipinski definition) is 4. The van der Waals surface area contributed by atoms with Gasteiger partial charge in [-0.15, -0.1) is 13.2 Å². The number of hydrogen-bond acceptors (Lipinski definition) is 4. The maximum atomic E-state index is 11.3. The Balaban J connectivity index is 2.18. The van der Waals surface area contributed by atoms with E-state index in [0.717, 1.165) is 6.16 Å². The number of amides is 2. The highest BCUT2D eigenvalue weighted by Gasteiger charge is 2.53. The number of aliphatic hydroxyl groups excluding tert-OH is 1. The maximum absolute atomic E-state index is 11.3. The van der Waals surface area contributed by atoms with Crippen LogP contribution in [0.2, 0.25) is 0 Å². The van der Waals surface area contributed by atoms with Gasteiger partial charge in [-0.25, -0.2) is 4.79 Å². The molecule has 4 atom stereocenters. The van der Waals surface area contributed by atoms with Crippen LogP contribution in [0.1, 0.15) is 13.3 Å². The van der Waals surface area contributed by atoms with E-state index < -0.39 is 30.8 Å². The second-order valence-corrected chi connectivity index (χ2v) is 11.2. The average Bonchev–Trinajstić information content (AvgIpc) is 2.59. The zero-order chi connectivity index (χ0) is 16.7. The van der Waals surface area contributed by atoms with Gasteiger partial charge in [-0.1, -0.05) is 6.58 Å². The van der Waals surface area contributed by atoms with Gasteiger partial charge in [-0.05, 0) is 32.8 Å². The molecule has 1 saturated heterocycles. The summed E-state index contributed by atoms with van der Waals surface area (Å²) in [6.45, 7) is 8.32. The molecule has 2 aliphatic rings. The third kappa shape index (κ3) is 3.46. The summed E-state index contributed by atoms with van der Waals surface area (Å²) in [5, 5.41) is 26.1. The SMILES string of the molecule is C=C1NC(=O)NC=C1C1OC(CCP(=C)(C)C)[C@@H](O)[C@@]1(C)O. The van der Waals surface area contributed by atoms with Crippen molar-refractivity contribution in [3.05, 3.63) is 24.0 Å². The van der Waals surface area contributed by atoms with Crippen molar-refractivity contribution in [2.45, 2.75) is 37.3 Å². The molecule has 0 bridgehead atoms. The lowest BCUT2D eigenvalue weighted by atomic mass is 9.87. The molecule has 0 aromatic heterocycles. The third-order valence-electron chi connectivity index (χ3n) is 4.07. The van der Waals surface area contributed by atoms with Crippen LogP contribution in [0.4, 0.5) is 4.79 Å². The minimum atomic E-state index is -1.45. The topological polar surface area (TPSA) is 90.8 Å². The molecule has 6 nitrogen and oxygen atoms in total. The lowest BCUT2D eigenvalue weighted by Crippen LogP contribution is -2.49. The number of ether oxygens (including phenoxy) is 1. The molecule has 2 aliphatic heterocycles. The minimum absolute atomic E-state index is 0.367. The van der Waals surface area contributed by atoms with Crippen LogP contribution >= 0.6 is 6.89 Å². The van der Waals surface area contributed by atoms with Crippen LogP contribution < -0.4 is 10.6 Å². The molecule has 124 valence electrons. The highest BCUT2D eigenvalue weighted by Crippen LogP contribution is 2.42. The van der Waals surface area contributed by atoms with Gasteiger partial charge in [0.15, 0.2) is 0 Å². The maximum Gasteiger partial charge on any atom is 0.323 e. The summed E-state index contributed by atoms with van der Waals surface area (Å²) in [6.07, 6.45) is 4.90. The van der Waals surface area contributed by atoms with Crippen LogP contribution in [-0.2, 0) is 4.74 Å². The smallest absolute Gasteiger partial charge is 0.323 e. The lowest BCUT2D eigenvalue weighted by molar-refractivity contribution is -0.0516. The monoisotopic (exact) mass is 328 g/mol. The molecular weight excluding hydrogens is 303 g/mol. The Morgan fingerprint density at radius 3 is 2.68 bits per heavy atom. The number of urea groups is 1. The molecule has 1 fully saturated rings. The molecule has 4 N–H and O–H groups in total. The summed E-state index contributed by atoms with van der Waals surface area (Å²) in [7, 11) is 0. The summed E-state index contributed by atoms with van der Waals surface area (Å²) >= 11 is 0. The van der Waals surface area contributed by atoms with Crippen LogP contribution in [-0.4, -0.2) is 65.9 Å². The molecule has 0 saturated carbocycles. The highest BCUT2D eigenvalue weighted by atomic mass is 31.2. The predicted octanol–water partition coefficient (Wildman–Crippen LogP) is 0.675. The first-order valence-electron chi connectivity index (χ1n) is 7.22. The molecule has 0 aliphatic carbocycles. The molecule has 2 amide bonds. The fourth-order valence-corrected chi connectivity index (χ4v) is 3.67. The van der Waals surface area contributed by atoms with Crippen molar-refractivity contribution in [1.82, 2.24) is 10.6 Å². The Morgan fingerprint density at radius 1 is 1.50 bits per heavy atom. The van der Waals surface area contributed by atoms with Gasteiger partial charge in [0.2, 0.25) is 0 Å². The lowest BCUT2D eigenvalue weighted by Gasteiger charge is -2.30. The van der Waals surface area contributed by atoms with Gasteiger partial charge < -0.3 is 25.6 Å². The number of rotatable bonds is 4. The molecule has 2 rings (SSSR count). The standard InChI is InChI=1S/C15H25N2O4P/c1-9-10(8-16-14(19)17-9)13-15(2,20)12(18)11(21-13)6-7-22(3,4)5/h8,11-13,18,20H,1,3,6-7H2,2,4-5H3,(H2,16,17,19)/t11?,12-,13?,15-/m1/s1. The Hall–Kier alpha value is -1.07. The predicted molar refractivity (Wildman–Crippen MR) is 89.6 cm³/mol. The van der Waals surface area contributed by atoms with E-state index in [1.54, 1.807) is 0 Å². The van der Waals surface area contributed by atoms with Crippen LogP contribution in [0.5, 0.6) is 0 Å². The fourth-order valence-electron chi connectivity index (χ4n) is 2.72. The quantitative estimate of drug-likeness (QED) is 0.571. The van der Waals surface area contributed by atoms with Gasteiger partial charge in [0.05, 0.1) is 6.10 Å². The molecular formula is C15H25N2O4P. The Kier molecular flexibility index (Phi) is 4.60. The molecule has 0 spiro atoms. The summed E-state index contributed by atoms with van der Waals surface area (Å²) in [6, 6.07) is -0.382. The Labute approximate surface area is 131 Å². The zero-order valence-electron chi connectivity index (χ0n) is 13.3. The fraction of sp³-hybridized carbons (Fsp3) is 0.600. The average molecular weight is 328 g/mol. The van der Waals surface area contributed by atoms with Crippen molar-refractivity contribution in [2.75, 3.05) is 19.5 Å². The summed E-state index contributed by atoms with van der Waals surface area (Å²) in [4.78, 5) is 11.3. The molecule has 0 aromatic carbocycles. The number of carbonyl (C=O) groups is 1. The first-order chi connectivity index (χ1) is 10.0. The van der Waals surface area contributed by atoms with Crippen molar-refractivity contribution in [3.8, 4) is 0 Å². The van der Waals surface area contributed by atoms with Crippen molar-refractivity contribution >= 4 is 19.2 Å². The third-order valence-corrected chi connectivity index (χ3v) is 5.53. The van der Waals surface area contributed by atoms with Crippen LogP contribution in [0.15, 0.2) is 24.0 Å². The number of aliphatic hydroxyl groups is 2. The first kappa shape index (κ1) is 17.3. The normalized spacial score (nSPS) is 35.9. The second kappa shape index (κ2) is 5.85. The van der Waals surface area contributed by atoms with Gasteiger partial charge in [0.25, 0.3) is 0 Å². The Morgan fingerprint density at radius 2 is 2.14 bits per heavy atom. The summed E-state index contributed by atoms with van der Waals surface area (Å²) in [5.74, 6) is 0. The van der Waals surface area contributed by atoms with E-state index in [1.807, 2.05) is 0 Å². The van der Waals surface area contributed by atoms with E-state index >= 15 is 0 Å². The van der Waals surface area contributed by atoms with Gasteiger partial charge >= 0.3 is 6.03 Å². The Bertz CT molecular complexity index is 564. The van der Waals surface area contributed by atoms with E-state index in [-0.39, 0.29) is 6.03 Å². The van der Waals surface area contributed by atoms with E-state index in [0.29, 0.717) is 17.7 Å². The van der Waals surface area contributed by atoms with Gasteiger partial charge in [0, 0.05) is 17.5 Å². The number of carbonyl (C=O) groups excluding carboxylic acids is 1.